The number of carbonyl (C=O) groups is 1. The van der Waals surface area contributed by atoms with Crippen molar-refractivity contribution in [1.29, 1.82) is 0 Å². The number of carbonyl (C=O) groups excluding carboxylic acids is 1. The van der Waals surface area contributed by atoms with E-state index in [2.05, 4.69) is 22.3 Å². The monoisotopic (exact) mass is 352 g/mol. The van der Waals surface area contributed by atoms with Gasteiger partial charge in [0.05, 0.1) is 13.2 Å². The van der Waals surface area contributed by atoms with Gasteiger partial charge < -0.3 is 10.1 Å². The number of ether oxygens (including phenoxy) is 1. The summed E-state index contributed by atoms with van der Waals surface area (Å²) in [4.78, 5) is 15.2. The van der Waals surface area contributed by atoms with Gasteiger partial charge in [-0.25, -0.2) is 0 Å². The molecule has 1 heterocycles. The number of methoxy groups -OCH3 is 1. The number of hydrogen-bond donors (Lipinski definition) is 1. The van der Waals surface area contributed by atoms with Gasteiger partial charge in [-0.05, 0) is 63.5 Å². The van der Waals surface area contributed by atoms with Gasteiger partial charge in [-0.1, -0.05) is 29.8 Å². The second-order valence-electron chi connectivity index (χ2n) is 7.12. The second kappa shape index (κ2) is 8.37. The highest BCUT2D eigenvalue weighted by Gasteiger charge is 2.17. The van der Waals surface area contributed by atoms with Gasteiger partial charge in [0.2, 0.25) is 0 Å². The van der Waals surface area contributed by atoms with Crippen molar-refractivity contribution in [1.82, 2.24) is 10.2 Å². The lowest BCUT2D eigenvalue weighted by molar-refractivity contribution is 0.0939. The van der Waals surface area contributed by atoms with Crippen molar-refractivity contribution in [3.8, 4) is 5.75 Å². The van der Waals surface area contributed by atoms with Crippen LogP contribution in [0.15, 0.2) is 42.5 Å². The van der Waals surface area contributed by atoms with E-state index in [4.69, 9.17) is 4.74 Å². The molecule has 0 spiro atoms. The van der Waals surface area contributed by atoms with E-state index in [-0.39, 0.29) is 11.9 Å². The summed E-state index contributed by atoms with van der Waals surface area (Å²) in [7, 11) is 1.66. The molecule has 0 saturated carbocycles. The average Bonchev–Trinajstić information content (AvgIpc) is 3.14. The summed E-state index contributed by atoms with van der Waals surface area (Å²) in [6, 6.07) is 13.9. The third-order valence-corrected chi connectivity index (χ3v) is 4.99. The highest BCUT2D eigenvalue weighted by atomic mass is 16.5. The van der Waals surface area contributed by atoms with E-state index in [1.165, 1.54) is 18.4 Å². The number of benzene rings is 2. The van der Waals surface area contributed by atoms with Crippen molar-refractivity contribution < 1.29 is 9.53 Å². The van der Waals surface area contributed by atoms with Crippen LogP contribution in [-0.4, -0.2) is 31.0 Å². The molecule has 1 N–H and O–H groups in total. The number of aryl methyl sites for hydroxylation is 1. The van der Waals surface area contributed by atoms with E-state index >= 15 is 0 Å². The van der Waals surface area contributed by atoms with Gasteiger partial charge in [-0.2, -0.15) is 0 Å². The summed E-state index contributed by atoms with van der Waals surface area (Å²) in [5.74, 6) is 0.746. The van der Waals surface area contributed by atoms with Gasteiger partial charge in [-0.15, -0.1) is 0 Å². The summed E-state index contributed by atoms with van der Waals surface area (Å²) in [6.45, 7) is 7.26. The lowest BCUT2D eigenvalue weighted by Gasteiger charge is -2.19. The summed E-state index contributed by atoms with van der Waals surface area (Å²) in [5.41, 5.74) is 4.05. The van der Waals surface area contributed by atoms with Crippen LogP contribution in [0.5, 0.6) is 5.75 Å². The largest absolute Gasteiger partial charge is 0.496 e. The SMILES string of the molecule is COc1ccc(C)cc1C(C)NC(=O)c1cccc(CN2CCCC2)c1. The van der Waals surface area contributed by atoms with Crippen LogP contribution in [0.25, 0.3) is 0 Å². The second-order valence-corrected chi connectivity index (χ2v) is 7.12. The van der Waals surface area contributed by atoms with Crippen LogP contribution in [0, 0.1) is 6.92 Å². The minimum atomic E-state index is -0.125. The maximum Gasteiger partial charge on any atom is 0.251 e. The van der Waals surface area contributed by atoms with Gasteiger partial charge in [0.25, 0.3) is 5.91 Å². The minimum absolute atomic E-state index is 0.0515. The molecule has 2 aromatic carbocycles. The molecule has 1 atom stereocenters. The van der Waals surface area contributed by atoms with Crippen LogP contribution < -0.4 is 10.1 Å². The number of amides is 1. The molecule has 138 valence electrons. The van der Waals surface area contributed by atoms with Gasteiger partial charge in [0.1, 0.15) is 5.75 Å². The van der Waals surface area contributed by atoms with Crippen LogP contribution in [0.4, 0.5) is 0 Å². The Bertz CT molecular complexity index is 766. The molecule has 1 aliphatic rings. The number of hydrogen-bond acceptors (Lipinski definition) is 3. The van der Waals surface area contributed by atoms with Crippen LogP contribution in [-0.2, 0) is 6.54 Å². The highest BCUT2D eigenvalue weighted by molar-refractivity contribution is 5.94. The lowest BCUT2D eigenvalue weighted by atomic mass is 10.0. The fourth-order valence-corrected chi connectivity index (χ4v) is 3.56. The van der Waals surface area contributed by atoms with Gasteiger partial charge in [0.15, 0.2) is 0 Å². The maximum atomic E-state index is 12.7. The lowest BCUT2D eigenvalue weighted by Crippen LogP contribution is -2.27. The molecular weight excluding hydrogens is 324 g/mol. The standard InChI is InChI=1S/C22H28N2O2/c1-16-9-10-21(26-3)20(13-16)17(2)23-22(25)19-8-6-7-18(14-19)15-24-11-4-5-12-24/h6-10,13-14,17H,4-5,11-12,15H2,1-3H3,(H,23,25). The zero-order valence-corrected chi connectivity index (χ0v) is 15.9. The zero-order valence-electron chi connectivity index (χ0n) is 15.9. The third-order valence-electron chi connectivity index (χ3n) is 4.99. The number of nitrogens with one attached hydrogen (secondary N) is 1. The Morgan fingerprint density at radius 3 is 2.69 bits per heavy atom. The Morgan fingerprint density at radius 1 is 1.19 bits per heavy atom. The Balaban J connectivity index is 1.70. The molecule has 0 radical (unpaired) electrons. The van der Waals surface area contributed by atoms with E-state index < -0.39 is 0 Å². The maximum absolute atomic E-state index is 12.7. The van der Waals surface area contributed by atoms with Crippen molar-refractivity contribution in [3.05, 3.63) is 64.7 Å². The first-order chi connectivity index (χ1) is 12.6. The molecule has 1 saturated heterocycles. The van der Waals surface area contributed by atoms with Crippen LogP contribution in [0.2, 0.25) is 0 Å². The minimum Gasteiger partial charge on any atom is -0.496 e. The average molecular weight is 352 g/mol. The van der Waals surface area contributed by atoms with Gasteiger partial charge >= 0.3 is 0 Å². The van der Waals surface area contributed by atoms with E-state index in [1.54, 1.807) is 7.11 Å². The molecule has 1 amide bonds. The van der Waals surface area contributed by atoms with E-state index in [9.17, 15) is 4.79 Å². The first-order valence-electron chi connectivity index (χ1n) is 9.33. The molecule has 1 unspecified atom stereocenters. The molecule has 2 aromatic rings. The molecule has 0 aromatic heterocycles. The fourth-order valence-electron chi connectivity index (χ4n) is 3.56. The normalized spacial score (nSPS) is 15.7. The molecule has 0 bridgehead atoms. The summed E-state index contributed by atoms with van der Waals surface area (Å²) < 4.78 is 5.45. The topological polar surface area (TPSA) is 41.6 Å². The Hall–Kier alpha value is -2.33. The van der Waals surface area contributed by atoms with Gasteiger partial charge in [0, 0.05) is 17.7 Å². The number of likely N-dealkylation sites (tertiary alicyclic amines) is 1. The van der Waals surface area contributed by atoms with Crippen molar-refractivity contribution in [2.24, 2.45) is 0 Å². The van der Waals surface area contributed by atoms with Gasteiger partial charge in [-0.3, -0.25) is 9.69 Å². The molecule has 26 heavy (non-hydrogen) atoms. The Kier molecular flexibility index (Phi) is 5.94. The Morgan fingerprint density at radius 2 is 1.96 bits per heavy atom. The molecular formula is C22H28N2O2. The molecule has 1 fully saturated rings. The molecule has 4 nitrogen and oxygen atoms in total. The third kappa shape index (κ3) is 4.44. The number of rotatable bonds is 6. The first-order valence-corrected chi connectivity index (χ1v) is 9.33. The predicted molar refractivity (Wildman–Crippen MR) is 105 cm³/mol. The predicted octanol–water partition coefficient (Wildman–Crippen LogP) is 4.09. The van der Waals surface area contributed by atoms with E-state index in [0.717, 1.165) is 36.5 Å². The van der Waals surface area contributed by atoms with Crippen LogP contribution >= 0.6 is 0 Å². The fraction of sp³-hybridized carbons (Fsp3) is 0.409. The molecule has 1 aliphatic heterocycles. The first kappa shape index (κ1) is 18.5. The number of nitrogens with zero attached hydrogens (tertiary/aromatic N) is 1. The van der Waals surface area contributed by atoms with Crippen molar-refractivity contribution in [2.75, 3.05) is 20.2 Å². The van der Waals surface area contributed by atoms with E-state index in [0.29, 0.717) is 5.56 Å². The molecule has 4 heteroatoms. The van der Waals surface area contributed by atoms with E-state index in [1.807, 2.05) is 44.2 Å². The Labute approximate surface area is 156 Å². The van der Waals surface area contributed by atoms with Crippen LogP contribution in [0.3, 0.4) is 0 Å². The smallest absolute Gasteiger partial charge is 0.251 e. The molecule has 0 aliphatic carbocycles. The van der Waals surface area contributed by atoms with Crippen molar-refractivity contribution >= 4 is 5.91 Å². The molecule has 3 rings (SSSR count). The quantitative estimate of drug-likeness (QED) is 0.851. The summed E-state index contributed by atoms with van der Waals surface area (Å²) in [6.07, 6.45) is 2.55. The zero-order chi connectivity index (χ0) is 18.5. The summed E-state index contributed by atoms with van der Waals surface area (Å²) >= 11 is 0. The van der Waals surface area contributed by atoms with Crippen molar-refractivity contribution in [3.63, 3.8) is 0 Å². The van der Waals surface area contributed by atoms with Crippen LogP contribution in [0.1, 0.15) is 52.9 Å². The summed E-state index contributed by atoms with van der Waals surface area (Å²) in [5, 5.41) is 3.10. The highest BCUT2D eigenvalue weighted by Crippen LogP contribution is 2.26. The van der Waals surface area contributed by atoms with Crippen molar-refractivity contribution in [2.45, 2.75) is 39.3 Å².